The maximum Gasteiger partial charge on any atom is 0.254 e. The minimum atomic E-state index is -3.38. The highest BCUT2D eigenvalue weighted by Crippen LogP contribution is 2.50. The van der Waals surface area contributed by atoms with Crippen molar-refractivity contribution in [3.05, 3.63) is 102 Å². The Morgan fingerprint density at radius 3 is 2.54 bits per heavy atom. The molecular formula is C28H29FN4O3S. The van der Waals surface area contributed by atoms with Gasteiger partial charge < -0.3 is 4.90 Å². The zero-order chi connectivity index (χ0) is 26.0. The number of hydrogen-bond donors (Lipinski definition) is 3. The molecule has 1 aliphatic rings. The summed E-state index contributed by atoms with van der Waals surface area (Å²) in [6.45, 7) is 4.36. The number of piperazine rings is 1. The number of nitrogens with one attached hydrogen (secondary N) is 1. The van der Waals surface area contributed by atoms with E-state index in [1.54, 1.807) is 60.8 Å². The number of hydrogen-bond acceptors (Lipinski definition) is 6. The normalized spacial score (nSPS) is 17.1. The van der Waals surface area contributed by atoms with E-state index in [2.05, 4.69) is 14.6 Å². The van der Waals surface area contributed by atoms with Crippen molar-refractivity contribution in [2.45, 2.75) is 24.4 Å². The fraction of sp³-hybridized carbons (Fsp3) is 0.214. The summed E-state index contributed by atoms with van der Waals surface area (Å²) in [5.41, 5.74) is 2.17. The fourth-order valence-electron chi connectivity index (χ4n) is 4.72. The molecule has 1 fully saturated rings. The number of halogens is 1. The Morgan fingerprint density at radius 2 is 1.78 bits per heavy atom. The SMILES string of the molecule is C[C@H]1CN(Cc2ccccc2F)CCN1C(=O)c1ccc(NS(O)(O)c2cccc3cccnc23)cc1. The second-order valence-corrected chi connectivity index (χ2v) is 11.0. The van der Waals surface area contributed by atoms with Gasteiger partial charge in [0.2, 0.25) is 0 Å². The molecule has 3 aromatic carbocycles. The summed E-state index contributed by atoms with van der Waals surface area (Å²) in [5.74, 6) is -0.301. The van der Waals surface area contributed by atoms with E-state index in [1.807, 2.05) is 30.0 Å². The van der Waals surface area contributed by atoms with Crippen molar-refractivity contribution in [3.63, 3.8) is 0 Å². The lowest BCUT2D eigenvalue weighted by molar-refractivity contribution is 0.0473. The first-order valence-corrected chi connectivity index (χ1v) is 13.6. The molecule has 0 unspecified atom stereocenters. The smallest absolute Gasteiger partial charge is 0.254 e. The third kappa shape index (κ3) is 5.45. The van der Waals surface area contributed by atoms with Crippen molar-refractivity contribution < 1.29 is 18.3 Å². The van der Waals surface area contributed by atoms with Gasteiger partial charge in [-0.05, 0) is 49.4 Å². The van der Waals surface area contributed by atoms with Gasteiger partial charge >= 0.3 is 0 Å². The van der Waals surface area contributed by atoms with Gasteiger partial charge in [-0.1, -0.05) is 47.2 Å². The van der Waals surface area contributed by atoms with Crippen LogP contribution in [0.5, 0.6) is 0 Å². The van der Waals surface area contributed by atoms with Crippen molar-refractivity contribution in [3.8, 4) is 0 Å². The lowest BCUT2D eigenvalue weighted by atomic mass is 10.1. The quantitative estimate of drug-likeness (QED) is 0.295. The lowest BCUT2D eigenvalue weighted by Crippen LogP contribution is -2.53. The average molecular weight is 521 g/mol. The van der Waals surface area contributed by atoms with Crippen LogP contribution in [0.3, 0.4) is 0 Å². The van der Waals surface area contributed by atoms with Crippen LogP contribution in [0.4, 0.5) is 10.1 Å². The third-order valence-electron chi connectivity index (χ3n) is 6.62. The molecule has 0 saturated carbocycles. The molecule has 0 spiro atoms. The highest BCUT2D eigenvalue weighted by molar-refractivity contribution is 8.25. The Morgan fingerprint density at radius 1 is 1.03 bits per heavy atom. The maximum absolute atomic E-state index is 14.0. The van der Waals surface area contributed by atoms with E-state index in [9.17, 15) is 18.3 Å². The molecule has 5 rings (SSSR count). The molecule has 1 saturated heterocycles. The molecule has 1 amide bonds. The standard InChI is InChI=1S/C28H29FN4O3S/c1-20-18-32(19-23-6-2-3-9-25(23)29)16-17-33(20)28(34)22-11-13-24(14-12-22)31-37(35,36)26-10-4-7-21-8-5-15-30-27(21)26/h2-15,20,31,35-36H,16-19H2,1H3/t20-/m0/s1. The number of nitrogens with zero attached hydrogens (tertiary/aromatic N) is 3. The van der Waals surface area contributed by atoms with Crippen LogP contribution in [0.25, 0.3) is 10.9 Å². The number of aromatic nitrogens is 1. The summed E-state index contributed by atoms with van der Waals surface area (Å²) >= 11 is 0. The molecule has 0 bridgehead atoms. The van der Waals surface area contributed by atoms with Gasteiger partial charge in [-0.15, -0.1) is 0 Å². The predicted molar refractivity (Wildman–Crippen MR) is 145 cm³/mol. The van der Waals surface area contributed by atoms with Gasteiger partial charge in [0.15, 0.2) is 0 Å². The van der Waals surface area contributed by atoms with Crippen molar-refractivity contribution >= 4 is 33.3 Å². The number of anilines is 1. The van der Waals surface area contributed by atoms with Gasteiger partial charge in [0.1, 0.15) is 10.7 Å². The minimum absolute atomic E-state index is 0.0309. The van der Waals surface area contributed by atoms with E-state index >= 15 is 0 Å². The Hall–Kier alpha value is -3.50. The van der Waals surface area contributed by atoms with Gasteiger partial charge in [-0.3, -0.25) is 28.5 Å². The number of carbonyl (C=O) groups is 1. The maximum atomic E-state index is 14.0. The summed E-state index contributed by atoms with van der Waals surface area (Å²) in [7, 11) is -3.38. The van der Waals surface area contributed by atoms with Gasteiger partial charge in [0.25, 0.3) is 5.91 Å². The van der Waals surface area contributed by atoms with Crippen molar-refractivity contribution in [2.24, 2.45) is 0 Å². The Kier molecular flexibility index (Phi) is 7.12. The molecule has 9 heteroatoms. The largest absolute Gasteiger partial charge is 0.333 e. The zero-order valence-electron chi connectivity index (χ0n) is 20.4. The van der Waals surface area contributed by atoms with Crippen LogP contribution in [0, 0.1) is 5.82 Å². The van der Waals surface area contributed by atoms with E-state index < -0.39 is 10.8 Å². The molecule has 2 heterocycles. The molecule has 1 aliphatic heterocycles. The summed E-state index contributed by atoms with van der Waals surface area (Å²) < 4.78 is 38.6. The van der Waals surface area contributed by atoms with Crippen LogP contribution in [-0.2, 0) is 6.54 Å². The van der Waals surface area contributed by atoms with Crippen LogP contribution in [-0.4, -0.2) is 55.5 Å². The monoisotopic (exact) mass is 520 g/mol. The number of carbonyl (C=O) groups excluding carboxylic acids is 1. The predicted octanol–water partition coefficient (Wildman–Crippen LogP) is 5.86. The molecular weight excluding hydrogens is 491 g/mol. The molecule has 0 radical (unpaired) electrons. The summed E-state index contributed by atoms with van der Waals surface area (Å²) in [6, 6.07) is 22.4. The first-order chi connectivity index (χ1) is 17.8. The molecule has 192 valence electrons. The molecule has 1 atom stereocenters. The van der Waals surface area contributed by atoms with Crippen molar-refractivity contribution in [1.29, 1.82) is 0 Å². The molecule has 1 aromatic heterocycles. The van der Waals surface area contributed by atoms with Crippen LogP contribution < -0.4 is 4.72 Å². The van der Waals surface area contributed by atoms with Crippen molar-refractivity contribution in [2.75, 3.05) is 24.4 Å². The Bertz CT molecular complexity index is 1410. The van der Waals surface area contributed by atoms with E-state index in [1.165, 1.54) is 6.07 Å². The first kappa shape index (κ1) is 25.2. The number of benzene rings is 3. The van der Waals surface area contributed by atoms with E-state index in [0.717, 1.165) is 5.39 Å². The molecule has 3 N–H and O–H groups in total. The second kappa shape index (κ2) is 10.5. The average Bonchev–Trinajstić information content (AvgIpc) is 2.89. The van der Waals surface area contributed by atoms with Gasteiger partial charge in [0.05, 0.1) is 11.2 Å². The van der Waals surface area contributed by atoms with E-state index in [4.69, 9.17) is 0 Å². The van der Waals surface area contributed by atoms with Crippen LogP contribution in [0.15, 0.2) is 90.0 Å². The summed E-state index contributed by atoms with van der Waals surface area (Å²) in [4.78, 5) is 21.8. The fourth-order valence-corrected chi connectivity index (χ4v) is 6.00. The highest BCUT2D eigenvalue weighted by Gasteiger charge is 2.28. The Labute approximate surface area is 217 Å². The topological polar surface area (TPSA) is 88.9 Å². The number of rotatable bonds is 6. The third-order valence-corrected chi connectivity index (χ3v) is 8.08. The van der Waals surface area contributed by atoms with Crippen molar-refractivity contribution in [1.82, 2.24) is 14.8 Å². The lowest BCUT2D eigenvalue weighted by Gasteiger charge is -2.40. The number of fused-ring (bicyclic) bond motifs is 1. The van der Waals surface area contributed by atoms with Gasteiger partial charge in [0, 0.05) is 54.9 Å². The number of para-hydroxylation sites is 1. The number of amides is 1. The number of pyridine rings is 1. The van der Waals surface area contributed by atoms with Gasteiger partial charge in [-0.2, -0.15) is 0 Å². The first-order valence-electron chi connectivity index (χ1n) is 12.1. The van der Waals surface area contributed by atoms with Crippen LogP contribution in [0.2, 0.25) is 0 Å². The summed E-state index contributed by atoms with van der Waals surface area (Å²) in [5, 5.41) is 0.811. The highest BCUT2D eigenvalue weighted by atomic mass is 32.3. The minimum Gasteiger partial charge on any atom is -0.333 e. The van der Waals surface area contributed by atoms with E-state index in [-0.39, 0.29) is 17.8 Å². The molecule has 37 heavy (non-hydrogen) atoms. The van der Waals surface area contributed by atoms with E-state index in [0.29, 0.717) is 53.4 Å². The molecule has 4 aromatic rings. The zero-order valence-corrected chi connectivity index (χ0v) is 21.2. The van der Waals surface area contributed by atoms with Gasteiger partial charge in [-0.25, -0.2) is 4.39 Å². The molecule has 7 nitrogen and oxygen atoms in total. The van der Waals surface area contributed by atoms with Crippen LogP contribution in [0.1, 0.15) is 22.8 Å². The molecule has 0 aliphatic carbocycles. The second-order valence-electron chi connectivity index (χ2n) is 9.23. The summed E-state index contributed by atoms with van der Waals surface area (Å²) in [6.07, 6.45) is 1.61. The Balaban J connectivity index is 1.24. The van der Waals surface area contributed by atoms with Crippen LogP contribution >= 0.6 is 10.8 Å².